The van der Waals surface area contributed by atoms with Crippen molar-refractivity contribution in [3.05, 3.63) is 85.1 Å². The molecule has 0 aromatic carbocycles. The van der Waals surface area contributed by atoms with Gasteiger partial charge in [0.1, 0.15) is 13.2 Å². The second-order valence-electron chi connectivity index (χ2n) is 22.0. The molecule has 0 fully saturated rings. The lowest BCUT2D eigenvalue weighted by Crippen LogP contribution is -2.30. The van der Waals surface area contributed by atoms with Crippen molar-refractivity contribution in [3.63, 3.8) is 0 Å². The third-order valence-electron chi connectivity index (χ3n) is 14.4. The SMILES string of the molecule is CC/C=C\C/C=C\C/C=C\CCCCCCCC(=O)OCC(COC(=O)CCCCCCCCCCCCC/C=C\CCCCCCCCCC)OC(=O)CCCCCCCC/C=C\C/C=C\C/C=C\CCCCCCC. The van der Waals surface area contributed by atoms with Crippen molar-refractivity contribution < 1.29 is 28.6 Å². The Labute approximate surface area is 477 Å². The molecular weight excluding hydrogens is 949 g/mol. The molecule has 0 spiro atoms. The van der Waals surface area contributed by atoms with Crippen LogP contribution >= 0.6 is 0 Å². The molecule has 6 heteroatoms. The highest BCUT2D eigenvalue weighted by Crippen LogP contribution is 2.16. The fraction of sp³-hybridized carbons (Fsp3) is 0.761. The molecule has 0 N–H and O–H groups in total. The van der Waals surface area contributed by atoms with Crippen LogP contribution in [0.25, 0.3) is 0 Å². The Morgan fingerprint density at radius 1 is 0.273 bits per heavy atom. The Hall–Kier alpha value is -3.41. The third-order valence-corrected chi connectivity index (χ3v) is 14.4. The van der Waals surface area contributed by atoms with E-state index in [0.29, 0.717) is 19.3 Å². The fourth-order valence-electron chi connectivity index (χ4n) is 9.40. The van der Waals surface area contributed by atoms with E-state index in [1.165, 1.54) is 167 Å². The Morgan fingerprint density at radius 3 is 0.805 bits per heavy atom. The maximum Gasteiger partial charge on any atom is 0.306 e. The van der Waals surface area contributed by atoms with E-state index in [4.69, 9.17) is 14.2 Å². The summed E-state index contributed by atoms with van der Waals surface area (Å²) in [5.41, 5.74) is 0. The summed E-state index contributed by atoms with van der Waals surface area (Å²) in [6, 6.07) is 0. The van der Waals surface area contributed by atoms with E-state index in [2.05, 4.69) is 106 Å². The van der Waals surface area contributed by atoms with E-state index < -0.39 is 6.10 Å². The van der Waals surface area contributed by atoms with Gasteiger partial charge in [0.05, 0.1) is 0 Å². The molecule has 0 amide bonds. The summed E-state index contributed by atoms with van der Waals surface area (Å²) in [4.78, 5) is 38.4. The normalized spacial score (nSPS) is 12.6. The zero-order chi connectivity index (χ0) is 55.7. The number of hydrogen-bond acceptors (Lipinski definition) is 6. The van der Waals surface area contributed by atoms with Gasteiger partial charge in [-0.25, -0.2) is 0 Å². The van der Waals surface area contributed by atoms with E-state index in [1.54, 1.807) is 0 Å². The van der Waals surface area contributed by atoms with Gasteiger partial charge in [-0.3, -0.25) is 14.4 Å². The highest BCUT2D eigenvalue weighted by atomic mass is 16.6. The van der Waals surface area contributed by atoms with Gasteiger partial charge in [-0.1, -0.05) is 279 Å². The molecule has 0 aliphatic carbocycles. The zero-order valence-electron chi connectivity index (χ0n) is 51.0. The van der Waals surface area contributed by atoms with Gasteiger partial charge in [-0.15, -0.1) is 0 Å². The van der Waals surface area contributed by atoms with Gasteiger partial charge in [0, 0.05) is 19.3 Å². The van der Waals surface area contributed by atoms with Crippen LogP contribution in [0.3, 0.4) is 0 Å². The first kappa shape index (κ1) is 73.6. The van der Waals surface area contributed by atoms with E-state index in [0.717, 1.165) is 122 Å². The highest BCUT2D eigenvalue weighted by Gasteiger charge is 2.19. The van der Waals surface area contributed by atoms with Gasteiger partial charge in [0.25, 0.3) is 0 Å². The molecule has 0 aliphatic rings. The van der Waals surface area contributed by atoms with Crippen LogP contribution < -0.4 is 0 Å². The molecule has 0 bridgehead atoms. The van der Waals surface area contributed by atoms with E-state index in [9.17, 15) is 14.4 Å². The van der Waals surface area contributed by atoms with Crippen molar-refractivity contribution in [3.8, 4) is 0 Å². The topological polar surface area (TPSA) is 78.9 Å². The molecule has 1 unspecified atom stereocenters. The summed E-state index contributed by atoms with van der Waals surface area (Å²) in [5.74, 6) is -0.905. The number of ether oxygens (including phenoxy) is 3. The van der Waals surface area contributed by atoms with Crippen molar-refractivity contribution in [2.24, 2.45) is 0 Å². The quantitative estimate of drug-likeness (QED) is 0.0261. The van der Waals surface area contributed by atoms with Crippen LogP contribution in [0.15, 0.2) is 85.1 Å². The first-order chi connectivity index (χ1) is 38.0. The molecule has 0 aliphatic heterocycles. The van der Waals surface area contributed by atoms with Crippen molar-refractivity contribution >= 4 is 17.9 Å². The Bertz CT molecular complexity index is 1470. The third kappa shape index (κ3) is 63.3. The van der Waals surface area contributed by atoms with Crippen molar-refractivity contribution in [1.82, 2.24) is 0 Å². The van der Waals surface area contributed by atoms with Crippen molar-refractivity contribution in [2.75, 3.05) is 13.2 Å². The van der Waals surface area contributed by atoms with Crippen LogP contribution in [0.4, 0.5) is 0 Å². The molecule has 0 radical (unpaired) electrons. The lowest BCUT2D eigenvalue weighted by molar-refractivity contribution is -0.167. The zero-order valence-corrected chi connectivity index (χ0v) is 51.0. The molecular formula is C71H124O6. The first-order valence-corrected chi connectivity index (χ1v) is 33.1. The second kappa shape index (κ2) is 65.1. The number of esters is 3. The second-order valence-corrected chi connectivity index (χ2v) is 22.0. The highest BCUT2D eigenvalue weighted by molar-refractivity contribution is 5.71. The lowest BCUT2D eigenvalue weighted by atomic mass is 10.0. The predicted molar refractivity (Wildman–Crippen MR) is 334 cm³/mol. The number of allylic oxidation sites excluding steroid dienone is 14. The average molecular weight is 1070 g/mol. The summed E-state index contributed by atoms with van der Waals surface area (Å²) in [7, 11) is 0. The van der Waals surface area contributed by atoms with Crippen LogP contribution in [-0.4, -0.2) is 37.2 Å². The van der Waals surface area contributed by atoms with Crippen LogP contribution in [-0.2, 0) is 28.6 Å². The standard InChI is InChI=1S/C71H124O6/c1-4-7-10-13-16-19-22-25-28-30-32-34-35-37-38-40-43-46-49-52-55-58-61-64-70(73)76-67-68(66-75-69(72)63-60-57-54-51-48-45-42-27-24-21-18-15-12-9-6-3)77-71(74)65-62-59-56-53-50-47-44-41-39-36-33-31-29-26-23-20-17-14-11-8-5-2/h9,12,18,21,23,26-27,30-33,39,41-42,68H,4-8,10-11,13-17,19-20,22,24-25,28-29,34-38,40,43-67H2,1-3H3/b12-9-,21-18-,26-23-,32-30-,33-31-,41-39-,42-27-. The number of hydrogen-bond donors (Lipinski definition) is 0. The lowest BCUT2D eigenvalue weighted by Gasteiger charge is -2.18. The molecule has 0 saturated heterocycles. The summed E-state index contributed by atoms with van der Waals surface area (Å²) in [6.07, 6.45) is 85.9. The minimum absolute atomic E-state index is 0.0870. The maximum atomic E-state index is 12.9. The smallest absolute Gasteiger partial charge is 0.306 e. The van der Waals surface area contributed by atoms with E-state index in [1.807, 2.05) is 0 Å². The van der Waals surface area contributed by atoms with Crippen molar-refractivity contribution in [2.45, 2.75) is 335 Å². The number of carbonyl (C=O) groups excluding carboxylic acids is 3. The molecule has 0 rings (SSSR count). The maximum absolute atomic E-state index is 12.9. The summed E-state index contributed by atoms with van der Waals surface area (Å²) in [5, 5.41) is 0. The number of rotatable bonds is 60. The summed E-state index contributed by atoms with van der Waals surface area (Å²) in [6.45, 7) is 6.53. The van der Waals surface area contributed by atoms with Gasteiger partial charge >= 0.3 is 17.9 Å². The Kier molecular flexibility index (Phi) is 62.2. The number of unbranched alkanes of at least 4 members (excludes halogenated alkanes) is 35. The van der Waals surface area contributed by atoms with Crippen LogP contribution in [0, 0.1) is 0 Å². The molecule has 1 atom stereocenters. The van der Waals surface area contributed by atoms with E-state index >= 15 is 0 Å². The molecule has 0 aromatic heterocycles. The van der Waals surface area contributed by atoms with Crippen LogP contribution in [0.1, 0.15) is 329 Å². The minimum atomic E-state index is -0.793. The minimum Gasteiger partial charge on any atom is -0.462 e. The van der Waals surface area contributed by atoms with Gasteiger partial charge in [-0.2, -0.15) is 0 Å². The Balaban J connectivity index is 4.38. The monoisotopic (exact) mass is 1070 g/mol. The average Bonchev–Trinajstić information content (AvgIpc) is 3.43. The summed E-state index contributed by atoms with van der Waals surface area (Å²) < 4.78 is 16.9. The van der Waals surface area contributed by atoms with Gasteiger partial charge in [0.2, 0.25) is 0 Å². The summed E-state index contributed by atoms with van der Waals surface area (Å²) >= 11 is 0. The fourth-order valence-corrected chi connectivity index (χ4v) is 9.40. The molecule has 0 aromatic rings. The van der Waals surface area contributed by atoms with Crippen molar-refractivity contribution in [1.29, 1.82) is 0 Å². The van der Waals surface area contributed by atoms with Gasteiger partial charge < -0.3 is 14.2 Å². The van der Waals surface area contributed by atoms with E-state index in [-0.39, 0.29) is 31.1 Å². The van der Waals surface area contributed by atoms with Gasteiger partial charge in [-0.05, 0) is 116 Å². The molecule has 0 saturated carbocycles. The molecule has 77 heavy (non-hydrogen) atoms. The van der Waals surface area contributed by atoms with Crippen LogP contribution in [0.5, 0.6) is 0 Å². The van der Waals surface area contributed by atoms with Crippen LogP contribution in [0.2, 0.25) is 0 Å². The largest absolute Gasteiger partial charge is 0.462 e. The molecule has 444 valence electrons. The number of carbonyl (C=O) groups is 3. The van der Waals surface area contributed by atoms with Gasteiger partial charge in [0.15, 0.2) is 6.10 Å². The molecule has 0 heterocycles. The predicted octanol–water partition coefficient (Wildman–Crippen LogP) is 22.7. The Morgan fingerprint density at radius 2 is 0.506 bits per heavy atom. The molecule has 6 nitrogen and oxygen atoms in total. The first-order valence-electron chi connectivity index (χ1n) is 33.1.